The highest BCUT2D eigenvalue weighted by Gasteiger charge is 2.15. The third-order valence-corrected chi connectivity index (χ3v) is 5.83. The molecule has 6 heteroatoms. The van der Waals surface area contributed by atoms with Gasteiger partial charge in [-0.15, -0.1) is 0 Å². The number of benzene rings is 2. The van der Waals surface area contributed by atoms with Gasteiger partial charge in [0.25, 0.3) is 5.69 Å². The van der Waals surface area contributed by atoms with Gasteiger partial charge >= 0.3 is 0 Å². The molecule has 31 heavy (non-hydrogen) atoms. The molecule has 160 valence electrons. The van der Waals surface area contributed by atoms with Crippen LogP contribution >= 0.6 is 0 Å². The molecule has 0 radical (unpaired) electrons. The van der Waals surface area contributed by atoms with E-state index in [-0.39, 0.29) is 10.6 Å². The second kappa shape index (κ2) is 9.27. The summed E-state index contributed by atoms with van der Waals surface area (Å²) in [5.74, 6) is 0.878. The summed E-state index contributed by atoms with van der Waals surface area (Å²) < 4.78 is 6.08. The second-order valence-corrected chi connectivity index (χ2v) is 8.07. The molecule has 2 heterocycles. The molecule has 1 saturated heterocycles. The molecule has 1 aliphatic rings. The first-order valence-electron chi connectivity index (χ1n) is 10.7. The zero-order valence-corrected chi connectivity index (χ0v) is 18.0. The van der Waals surface area contributed by atoms with E-state index < -0.39 is 0 Å². The minimum atomic E-state index is -0.336. The molecule has 0 aliphatic carbocycles. The lowest BCUT2D eigenvalue weighted by molar-refractivity contribution is -0.384. The normalized spacial score (nSPS) is 14.6. The first-order valence-corrected chi connectivity index (χ1v) is 10.7. The summed E-state index contributed by atoms with van der Waals surface area (Å²) in [4.78, 5) is 17.7. The van der Waals surface area contributed by atoms with Gasteiger partial charge in [-0.1, -0.05) is 23.8 Å². The van der Waals surface area contributed by atoms with Gasteiger partial charge in [0.15, 0.2) is 0 Å². The van der Waals surface area contributed by atoms with Crippen LogP contribution in [0.25, 0.3) is 17.0 Å². The van der Waals surface area contributed by atoms with Crippen LogP contribution in [0.3, 0.4) is 0 Å². The zero-order chi connectivity index (χ0) is 21.8. The monoisotopic (exact) mass is 417 g/mol. The number of aromatic nitrogens is 1. The zero-order valence-electron chi connectivity index (χ0n) is 18.0. The van der Waals surface area contributed by atoms with E-state index in [0.717, 1.165) is 65.9 Å². The molecule has 0 bridgehead atoms. The maximum absolute atomic E-state index is 11.1. The van der Waals surface area contributed by atoms with Crippen molar-refractivity contribution in [1.29, 1.82) is 0 Å². The fourth-order valence-electron chi connectivity index (χ4n) is 3.96. The molecule has 6 nitrogen and oxygen atoms in total. The molecule has 1 aliphatic heterocycles. The molecule has 1 aromatic heterocycles. The molecule has 0 saturated carbocycles. The number of fused-ring (bicyclic) bond motifs is 1. The van der Waals surface area contributed by atoms with Gasteiger partial charge in [0.05, 0.1) is 10.4 Å². The Labute approximate surface area is 182 Å². The number of nitro groups is 1. The summed E-state index contributed by atoms with van der Waals surface area (Å²) in [6.07, 6.45) is 4.07. The molecule has 0 amide bonds. The maximum atomic E-state index is 11.1. The first kappa shape index (κ1) is 21.0. The van der Waals surface area contributed by atoms with Crippen LogP contribution in [0.2, 0.25) is 0 Å². The van der Waals surface area contributed by atoms with Gasteiger partial charge < -0.3 is 4.74 Å². The number of nitrogens with zero attached hydrogens (tertiary/aromatic N) is 3. The largest absolute Gasteiger partial charge is 0.492 e. The molecule has 4 rings (SSSR count). The Morgan fingerprint density at radius 2 is 1.94 bits per heavy atom. The summed E-state index contributed by atoms with van der Waals surface area (Å²) >= 11 is 0. The molecule has 0 atom stereocenters. The van der Waals surface area contributed by atoms with Crippen molar-refractivity contribution >= 4 is 22.7 Å². The van der Waals surface area contributed by atoms with Gasteiger partial charge in [0.2, 0.25) is 0 Å². The number of hydrogen-bond donors (Lipinski definition) is 0. The summed E-state index contributed by atoms with van der Waals surface area (Å²) in [5.41, 5.74) is 5.46. The Morgan fingerprint density at radius 3 is 2.71 bits per heavy atom. The van der Waals surface area contributed by atoms with Gasteiger partial charge in [0, 0.05) is 42.8 Å². The minimum Gasteiger partial charge on any atom is -0.492 e. The van der Waals surface area contributed by atoms with Crippen LogP contribution in [0.1, 0.15) is 29.7 Å². The van der Waals surface area contributed by atoms with Crippen LogP contribution in [0.5, 0.6) is 5.75 Å². The highest BCUT2D eigenvalue weighted by molar-refractivity contribution is 5.85. The van der Waals surface area contributed by atoms with E-state index in [1.807, 2.05) is 44.2 Å². The standard InChI is InChI=1S/C25H27N3O3/c1-18-6-8-22(28(29)30)17-21(18)16-20-10-12-27(13-11-20)14-15-31-25-5-3-4-24-23(25)9-7-19(2)26-24/h3-9,16-17H,10-15H2,1-2H3. The maximum Gasteiger partial charge on any atom is 0.270 e. The molecular weight excluding hydrogens is 390 g/mol. The molecule has 2 aromatic carbocycles. The number of likely N-dealkylation sites (tertiary alicyclic amines) is 1. The predicted octanol–water partition coefficient (Wildman–Crippen LogP) is 5.32. The van der Waals surface area contributed by atoms with Crippen molar-refractivity contribution in [1.82, 2.24) is 9.88 Å². The van der Waals surface area contributed by atoms with Gasteiger partial charge in [0.1, 0.15) is 12.4 Å². The number of pyridine rings is 1. The van der Waals surface area contributed by atoms with Crippen molar-refractivity contribution < 1.29 is 9.66 Å². The third-order valence-electron chi connectivity index (χ3n) is 5.83. The topological polar surface area (TPSA) is 68.5 Å². The van der Waals surface area contributed by atoms with E-state index >= 15 is 0 Å². The Morgan fingerprint density at radius 1 is 1.13 bits per heavy atom. The van der Waals surface area contributed by atoms with Crippen molar-refractivity contribution in [2.45, 2.75) is 26.7 Å². The fraction of sp³-hybridized carbons (Fsp3) is 0.320. The van der Waals surface area contributed by atoms with Crippen molar-refractivity contribution in [2.24, 2.45) is 0 Å². The average Bonchev–Trinajstić information content (AvgIpc) is 2.76. The SMILES string of the molecule is Cc1ccc2c(OCCN3CCC(=Cc4cc([N+](=O)[O-])ccc4C)CC3)cccc2n1. The number of ether oxygens (including phenoxy) is 1. The van der Waals surface area contributed by atoms with Crippen LogP contribution < -0.4 is 4.74 Å². The van der Waals surface area contributed by atoms with Crippen molar-refractivity contribution in [3.05, 3.63) is 81.0 Å². The Balaban J connectivity index is 1.32. The summed E-state index contributed by atoms with van der Waals surface area (Å²) in [6.45, 7) is 7.44. The van der Waals surface area contributed by atoms with Crippen LogP contribution in [0, 0.1) is 24.0 Å². The summed E-state index contributed by atoms with van der Waals surface area (Å²) in [5, 5.41) is 12.1. The van der Waals surface area contributed by atoms with E-state index in [2.05, 4.69) is 22.0 Å². The van der Waals surface area contributed by atoms with Crippen molar-refractivity contribution in [3.8, 4) is 5.75 Å². The predicted molar refractivity (Wildman–Crippen MR) is 123 cm³/mol. The quantitative estimate of drug-likeness (QED) is 0.401. The Kier molecular flexibility index (Phi) is 6.28. The Bertz CT molecular complexity index is 1130. The molecule has 0 N–H and O–H groups in total. The second-order valence-electron chi connectivity index (χ2n) is 8.07. The lowest BCUT2D eigenvalue weighted by Crippen LogP contribution is -2.34. The number of aryl methyl sites for hydroxylation is 2. The van der Waals surface area contributed by atoms with Crippen LogP contribution in [0.15, 0.2) is 54.1 Å². The molecule has 1 fully saturated rings. The van der Waals surface area contributed by atoms with E-state index in [1.165, 1.54) is 5.57 Å². The fourth-order valence-corrected chi connectivity index (χ4v) is 3.96. The number of non-ortho nitro benzene ring substituents is 1. The van der Waals surface area contributed by atoms with E-state index in [1.54, 1.807) is 12.1 Å². The van der Waals surface area contributed by atoms with Gasteiger partial charge in [-0.2, -0.15) is 0 Å². The lowest BCUT2D eigenvalue weighted by Gasteiger charge is -2.28. The van der Waals surface area contributed by atoms with Crippen molar-refractivity contribution in [3.63, 3.8) is 0 Å². The van der Waals surface area contributed by atoms with Crippen LogP contribution in [-0.4, -0.2) is 41.0 Å². The number of nitro benzene ring substituents is 1. The average molecular weight is 418 g/mol. The van der Waals surface area contributed by atoms with Crippen LogP contribution in [0.4, 0.5) is 5.69 Å². The van der Waals surface area contributed by atoms with Gasteiger partial charge in [-0.05, 0) is 62.1 Å². The van der Waals surface area contributed by atoms with E-state index in [9.17, 15) is 10.1 Å². The molecule has 3 aromatic rings. The highest BCUT2D eigenvalue weighted by atomic mass is 16.6. The van der Waals surface area contributed by atoms with Crippen molar-refractivity contribution in [2.75, 3.05) is 26.2 Å². The Hall–Kier alpha value is -3.25. The van der Waals surface area contributed by atoms with Crippen LogP contribution in [-0.2, 0) is 0 Å². The van der Waals surface area contributed by atoms with E-state index in [0.29, 0.717) is 6.61 Å². The molecule has 0 spiro atoms. The number of piperidine rings is 1. The van der Waals surface area contributed by atoms with Gasteiger partial charge in [-0.25, -0.2) is 0 Å². The van der Waals surface area contributed by atoms with E-state index in [4.69, 9.17) is 4.74 Å². The highest BCUT2D eigenvalue weighted by Crippen LogP contribution is 2.26. The third kappa shape index (κ3) is 5.09. The summed E-state index contributed by atoms with van der Waals surface area (Å²) in [7, 11) is 0. The minimum absolute atomic E-state index is 0.144. The molecular formula is C25H27N3O3. The first-order chi connectivity index (χ1) is 15.0. The van der Waals surface area contributed by atoms with Gasteiger partial charge in [-0.3, -0.25) is 20.0 Å². The molecule has 0 unspecified atom stereocenters. The lowest BCUT2D eigenvalue weighted by atomic mass is 9.98. The summed E-state index contributed by atoms with van der Waals surface area (Å²) in [6, 6.07) is 15.1. The smallest absolute Gasteiger partial charge is 0.270 e. The number of hydrogen-bond acceptors (Lipinski definition) is 5. The number of rotatable bonds is 6.